The Morgan fingerprint density at radius 2 is 1.43 bits per heavy atom. The van der Waals surface area contributed by atoms with E-state index in [-0.39, 0.29) is 29.3 Å². The van der Waals surface area contributed by atoms with E-state index in [4.69, 9.17) is 0 Å². The molecule has 2 aliphatic rings. The van der Waals surface area contributed by atoms with Gasteiger partial charge in [-0.1, -0.05) is 19.3 Å². The van der Waals surface area contributed by atoms with Gasteiger partial charge in [-0.05, 0) is 42.7 Å². The topological polar surface area (TPSA) is 67.3 Å². The van der Waals surface area contributed by atoms with Crippen LogP contribution in [0.25, 0.3) is 0 Å². The van der Waals surface area contributed by atoms with E-state index in [0.717, 1.165) is 24.2 Å². The summed E-state index contributed by atoms with van der Waals surface area (Å²) in [6, 6.07) is 1.57. The second-order valence-corrected chi connectivity index (χ2v) is 10.8. The minimum absolute atomic E-state index is 0.0185. The lowest BCUT2D eigenvalue weighted by Crippen LogP contribution is -2.45. The van der Waals surface area contributed by atoms with E-state index < -0.39 is 59.8 Å². The van der Waals surface area contributed by atoms with Gasteiger partial charge in [0.05, 0.1) is 16.7 Å². The van der Waals surface area contributed by atoms with Crippen LogP contribution in [0.1, 0.15) is 70.4 Å². The number of amides is 1. The van der Waals surface area contributed by atoms with Crippen LogP contribution in [-0.2, 0) is 31.6 Å². The number of hydrogen-bond acceptors (Lipinski definition) is 7. The van der Waals surface area contributed by atoms with Gasteiger partial charge < -0.3 is 9.80 Å². The number of alkyl halides is 9. The zero-order valence-electron chi connectivity index (χ0n) is 23.9. The lowest BCUT2D eigenvalue weighted by molar-refractivity contribution is -0.143. The van der Waals surface area contributed by atoms with Crippen LogP contribution in [0, 0.1) is 0 Å². The summed E-state index contributed by atoms with van der Waals surface area (Å²) in [6.45, 7) is -1.22. The number of halogens is 9. The van der Waals surface area contributed by atoms with Crippen LogP contribution in [0.3, 0.4) is 0 Å². The minimum atomic E-state index is -5.11. The monoisotopic (exact) mass is 639 g/mol. The molecule has 1 aromatic carbocycles. The molecule has 0 saturated heterocycles. The molecule has 2 heterocycles. The Labute approximate surface area is 247 Å². The lowest BCUT2D eigenvalue weighted by Gasteiger charge is -2.32. The number of rotatable bonds is 6. The highest BCUT2D eigenvalue weighted by Crippen LogP contribution is 2.37. The fourth-order valence-electron chi connectivity index (χ4n) is 5.10. The van der Waals surface area contributed by atoms with E-state index in [1.807, 2.05) is 0 Å². The van der Waals surface area contributed by atoms with Crippen molar-refractivity contribution in [2.75, 3.05) is 21.1 Å². The maximum absolute atomic E-state index is 13.7. The highest BCUT2D eigenvalue weighted by Gasteiger charge is 2.38. The molecule has 0 unspecified atom stereocenters. The predicted molar refractivity (Wildman–Crippen MR) is 140 cm³/mol. The molecule has 1 fully saturated rings. The second kappa shape index (κ2) is 12.3. The first-order valence-corrected chi connectivity index (χ1v) is 13.5. The molecule has 0 bridgehead atoms. The third kappa shape index (κ3) is 7.65. The van der Waals surface area contributed by atoms with Crippen molar-refractivity contribution in [2.24, 2.45) is 5.10 Å². The molecule has 0 atom stereocenters. The molecule has 17 heteroatoms. The molecular formula is C27H30F9N7O. The Hall–Kier alpha value is -3.76. The van der Waals surface area contributed by atoms with Gasteiger partial charge in [0.2, 0.25) is 5.96 Å². The molecule has 1 aliphatic carbocycles. The van der Waals surface area contributed by atoms with E-state index >= 15 is 0 Å². The maximum Gasteiger partial charge on any atom is 0.417 e. The second-order valence-electron chi connectivity index (χ2n) is 10.8. The van der Waals surface area contributed by atoms with Gasteiger partial charge in [0.15, 0.2) is 0 Å². The fraction of sp³-hybridized carbons (Fsp3) is 0.519. The molecule has 1 aromatic heterocycles. The van der Waals surface area contributed by atoms with Gasteiger partial charge in [0, 0.05) is 52.0 Å². The summed E-state index contributed by atoms with van der Waals surface area (Å²) in [7, 11) is 4.50. The first-order chi connectivity index (χ1) is 20.3. The Kier molecular flexibility index (Phi) is 9.28. The van der Waals surface area contributed by atoms with Crippen molar-refractivity contribution < 1.29 is 44.3 Å². The van der Waals surface area contributed by atoms with Crippen LogP contribution in [0.5, 0.6) is 0 Å². The molecule has 4 rings (SSSR count). The summed E-state index contributed by atoms with van der Waals surface area (Å²) in [5, 5.41) is 6.74. The Morgan fingerprint density at radius 3 is 1.93 bits per heavy atom. The average Bonchev–Trinajstić information content (AvgIpc) is 3.28. The number of guanidine groups is 1. The smallest absolute Gasteiger partial charge is 0.337 e. The Bertz CT molecular complexity index is 1350. The molecule has 8 nitrogen and oxygen atoms in total. The zero-order chi connectivity index (χ0) is 32.6. The molecular weight excluding hydrogens is 609 g/mol. The van der Waals surface area contributed by atoms with Crippen LogP contribution in [0.2, 0.25) is 0 Å². The van der Waals surface area contributed by atoms with E-state index in [9.17, 15) is 44.3 Å². The van der Waals surface area contributed by atoms with Gasteiger partial charge in [0.1, 0.15) is 5.69 Å². The Morgan fingerprint density at radius 1 is 0.864 bits per heavy atom. The molecule has 44 heavy (non-hydrogen) atoms. The number of hydrazine groups is 2. The minimum Gasteiger partial charge on any atom is -0.337 e. The quantitative estimate of drug-likeness (QED) is 0.385. The number of benzene rings is 1. The summed E-state index contributed by atoms with van der Waals surface area (Å²) in [6.07, 6.45) is -10.4. The highest BCUT2D eigenvalue weighted by atomic mass is 19.4. The summed E-state index contributed by atoms with van der Waals surface area (Å²) in [5.74, 6) is -0.757. The van der Waals surface area contributed by atoms with Crippen LogP contribution in [0.15, 0.2) is 35.6 Å². The first kappa shape index (κ1) is 33.1. The molecule has 2 aromatic rings. The van der Waals surface area contributed by atoms with Crippen LogP contribution in [-0.4, -0.2) is 64.1 Å². The van der Waals surface area contributed by atoms with Gasteiger partial charge in [-0.3, -0.25) is 15.2 Å². The van der Waals surface area contributed by atoms with E-state index in [2.05, 4.69) is 15.5 Å². The Balaban J connectivity index is 1.79. The fourth-order valence-corrected chi connectivity index (χ4v) is 5.10. The van der Waals surface area contributed by atoms with E-state index in [0.29, 0.717) is 37.2 Å². The van der Waals surface area contributed by atoms with Crippen molar-refractivity contribution in [3.05, 3.63) is 64.0 Å². The molecule has 1 amide bonds. The standard InChI is InChI=1S/C27H30F9N7O/c1-40(21-7-5-4-6-8-21)23(44)22-17(11-20(13-37-22)27(34,35)36)15-43(24-38-41(2)42(3)39-24)14-16-9-18(25(28,29)30)12-19(10-16)26(31,32)33/h9-13,21H,4-8,14-15H2,1-3H3,(H,38,39). The van der Waals surface area contributed by atoms with Gasteiger partial charge in [0.25, 0.3) is 5.91 Å². The van der Waals surface area contributed by atoms with Crippen molar-refractivity contribution in [3.8, 4) is 0 Å². The van der Waals surface area contributed by atoms with Gasteiger partial charge in [-0.25, -0.2) is 5.12 Å². The normalized spacial score (nSPS) is 17.0. The number of aromatic nitrogens is 1. The molecule has 0 spiro atoms. The molecule has 242 valence electrons. The third-order valence-electron chi connectivity index (χ3n) is 7.56. The zero-order valence-corrected chi connectivity index (χ0v) is 23.9. The number of nitrogens with one attached hydrogen (secondary N) is 1. The largest absolute Gasteiger partial charge is 0.417 e. The van der Waals surface area contributed by atoms with Crippen LogP contribution < -0.4 is 5.43 Å². The first-order valence-electron chi connectivity index (χ1n) is 13.5. The molecule has 1 N–H and O–H groups in total. The summed E-state index contributed by atoms with van der Waals surface area (Å²) >= 11 is 0. The SMILES string of the molecule is CN(C(=O)c1ncc(C(F)(F)F)cc1CN(Cc1cc(C(F)(F)F)cc(C(F)(F)F)c1)C1=NN(C)N(C)N1)C1CCCCC1. The number of pyridine rings is 1. The van der Waals surface area contributed by atoms with E-state index in [1.165, 1.54) is 36.3 Å². The van der Waals surface area contributed by atoms with Gasteiger partial charge >= 0.3 is 18.5 Å². The molecule has 1 aliphatic heterocycles. The van der Waals surface area contributed by atoms with Crippen molar-refractivity contribution in [1.82, 2.24) is 30.4 Å². The van der Waals surface area contributed by atoms with Gasteiger partial charge in [-0.15, -0.1) is 10.2 Å². The number of hydrazone groups is 1. The molecule has 0 radical (unpaired) electrons. The maximum atomic E-state index is 13.7. The predicted octanol–water partition coefficient (Wildman–Crippen LogP) is 6.11. The number of hydrogen-bond donors (Lipinski definition) is 1. The number of carbonyl (C=O) groups excluding carboxylic acids is 1. The van der Waals surface area contributed by atoms with Crippen molar-refractivity contribution in [1.29, 1.82) is 0 Å². The molecule has 1 saturated carbocycles. The average molecular weight is 640 g/mol. The summed E-state index contributed by atoms with van der Waals surface area (Å²) < 4.78 is 123. The highest BCUT2D eigenvalue weighted by molar-refractivity contribution is 5.94. The summed E-state index contributed by atoms with van der Waals surface area (Å²) in [4.78, 5) is 20.0. The summed E-state index contributed by atoms with van der Waals surface area (Å²) in [5.41, 5.74) is -2.54. The van der Waals surface area contributed by atoms with Crippen LogP contribution in [0.4, 0.5) is 39.5 Å². The van der Waals surface area contributed by atoms with Crippen LogP contribution >= 0.6 is 0 Å². The lowest BCUT2D eigenvalue weighted by atomic mass is 9.94. The van der Waals surface area contributed by atoms with E-state index in [1.54, 1.807) is 0 Å². The third-order valence-corrected chi connectivity index (χ3v) is 7.56. The van der Waals surface area contributed by atoms with Crippen molar-refractivity contribution >= 4 is 11.9 Å². The van der Waals surface area contributed by atoms with Crippen molar-refractivity contribution in [3.63, 3.8) is 0 Å². The number of nitrogens with zero attached hydrogens (tertiary/aromatic N) is 6. The number of carbonyl (C=O) groups is 1. The van der Waals surface area contributed by atoms with Crippen molar-refractivity contribution in [2.45, 2.75) is 69.8 Å². The van der Waals surface area contributed by atoms with Gasteiger partial charge in [-0.2, -0.15) is 39.5 Å².